The minimum atomic E-state index is -0.300. The van der Waals surface area contributed by atoms with Crippen LogP contribution < -0.4 is 11.1 Å². The van der Waals surface area contributed by atoms with Crippen LogP contribution >= 0.6 is 0 Å². The van der Waals surface area contributed by atoms with Gasteiger partial charge in [0.25, 0.3) is 11.7 Å². The number of aromatic amines is 1. The monoisotopic (exact) mass is 182 g/mol. The molecule has 0 bridgehead atoms. The van der Waals surface area contributed by atoms with E-state index in [1.807, 2.05) is 0 Å². The second kappa shape index (κ2) is 3.09. The average molecular weight is 182 g/mol. The SMILES string of the molecule is NC1CC(NC(=O)c2nn[nH]n2)C1. The Morgan fingerprint density at radius 2 is 2.38 bits per heavy atom. The Bertz CT molecular complexity index is 290. The van der Waals surface area contributed by atoms with Gasteiger partial charge < -0.3 is 11.1 Å². The molecular formula is C6H10N6O. The van der Waals surface area contributed by atoms with E-state index < -0.39 is 0 Å². The molecule has 1 fully saturated rings. The molecule has 7 nitrogen and oxygen atoms in total. The van der Waals surface area contributed by atoms with Crippen LogP contribution in [0.15, 0.2) is 0 Å². The summed E-state index contributed by atoms with van der Waals surface area (Å²) in [5, 5.41) is 15.4. The molecule has 0 spiro atoms. The van der Waals surface area contributed by atoms with Crippen LogP contribution in [0.2, 0.25) is 0 Å². The molecule has 0 saturated heterocycles. The van der Waals surface area contributed by atoms with Gasteiger partial charge in [-0.3, -0.25) is 4.79 Å². The molecular weight excluding hydrogens is 172 g/mol. The molecule has 1 aromatic rings. The third kappa shape index (κ3) is 1.64. The maximum atomic E-state index is 11.3. The summed E-state index contributed by atoms with van der Waals surface area (Å²) in [6, 6.07) is 0.386. The predicted octanol–water partition coefficient (Wildman–Crippen LogP) is -1.58. The van der Waals surface area contributed by atoms with Crippen molar-refractivity contribution in [1.82, 2.24) is 25.9 Å². The van der Waals surface area contributed by atoms with E-state index in [1.54, 1.807) is 0 Å². The first-order valence-corrected chi connectivity index (χ1v) is 4.05. The number of nitrogens with two attached hydrogens (primary N) is 1. The summed E-state index contributed by atoms with van der Waals surface area (Å²) in [5.41, 5.74) is 5.56. The number of tetrazole rings is 1. The van der Waals surface area contributed by atoms with Crippen molar-refractivity contribution in [3.05, 3.63) is 5.82 Å². The van der Waals surface area contributed by atoms with E-state index in [9.17, 15) is 4.79 Å². The van der Waals surface area contributed by atoms with Crippen LogP contribution in [0, 0.1) is 0 Å². The van der Waals surface area contributed by atoms with E-state index in [1.165, 1.54) is 0 Å². The van der Waals surface area contributed by atoms with E-state index in [-0.39, 0.29) is 23.8 Å². The maximum Gasteiger partial charge on any atom is 0.293 e. The van der Waals surface area contributed by atoms with Crippen LogP contribution in [-0.2, 0) is 0 Å². The van der Waals surface area contributed by atoms with Crippen LogP contribution in [0.25, 0.3) is 0 Å². The van der Waals surface area contributed by atoms with E-state index in [0.29, 0.717) is 0 Å². The van der Waals surface area contributed by atoms with Crippen LogP contribution in [0.3, 0.4) is 0 Å². The highest BCUT2D eigenvalue weighted by Gasteiger charge is 2.28. The Kier molecular flexibility index (Phi) is 1.93. The molecule has 1 aliphatic carbocycles. The van der Waals surface area contributed by atoms with Crippen LogP contribution in [0.1, 0.15) is 23.5 Å². The van der Waals surface area contributed by atoms with Gasteiger partial charge in [0.1, 0.15) is 0 Å². The van der Waals surface area contributed by atoms with E-state index in [2.05, 4.69) is 25.9 Å². The van der Waals surface area contributed by atoms with E-state index in [4.69, 9.17) is 5.73 Å². The Balaban J connectivity index is 1.86. The third-order valence-electron chi connectivity index (χ3n) is 2.06. The number of amides is 1. The van der Waals surface area contributed by atoms with E-state index >= 15 is 0 Å². The number of carbonyl (C=O) groups excluding carboxylic acids is 1. The fourth-order valence-electron chi connectivity index (χ4n) is 1.29. The molecule has 1 amide bonds. The molecule has 0 aliphatic heterocycles. The zero-order valence-corrected chi connectivity index (χ0v) is 6.90. The standard InChI is InChI=1S/C6H10N6O/c7-3-1-4(2-3)8-6(13)5-9-11-12-10-5/h3-4H,1-2,7H2,(H,8,13)(H,9,10,11,12). The quantitative estimate of drug-likeness (QED) is 0.511. The number of nitrogens with zero attached hydrogens (tertiary/aromatic N) is 3. The molecule has 1 heterocycles. The lowest BCUT2D eigenvalue weighted by Gasteiger charge is -2.32. The summed E-state index contributed by atoms with van der Waals surface area (Å²) < 4.78 is 0. The zero-order valence-electron chi connectivity index (χ0n) is 6.90. The van der Waals surface area contributed by atoms with Crippen molar-refractivity contribution < 1.29 is 4.79 Å². The molecule has 0 atom stereocenters. The molecule has 0 aromatic carbocycles. The van der Waals surface area contributed by atoms with Gasteiger partial charge in [-0.05, 0) is 18.1 Å². The number of aromatic nitrogens is 4. The molecule has 7 heteroatoms. The van der Waals surface area contributed by atoms with Gasteiger partial charge in [0, 0.05) is 12.1 Å². The van der Waals surface area contributed by atoms with Crippen LogP contribution in [-0.4, -0.2) is 38.6 Å². The van der Waals surface area contributed by atoms with Crippen molar-refractivity contribution in [3.63, 3.8) is 0 Å². The summed E-state index contributed by atoms with van der Waals surface area (Å²) in [4.78, 5) is 11.3. The fourth-order valence-corrected chi connectivity index (χ4v) is 1.29. The molecule has 0 unspecified atom stereocenters. The van der Waals surface area contributed by atoms with Crippen LogP contribution in [0.5, 0.6) is 0 Å². The Labute approximate surface area is 74.1 Å². The van der Waals surface area contributed by atoms with Gasteiger partial charge in [-0.1, -0.05) is 0 Å². The summed E-state index contributed by atoms with van der Waals surface area (Å²) in [6.45, 7) is 0. The van der Waals surface area contributed by atoms with Crippen LogP contribution in [0.4, 0.5) is 0 Å². The second-order valence-corrected chi connectivity index (χ2v) is 3.14. The Hall–Kier alpha value is -1.50. The summed E-state index contributed by atoms with van der Waals surface area (Å²) >= 11 is 0. The van der Waals surface area contributed by atoms with Gasteiger partial charge in [-0.2, -0.15) is 5.21 Å². The highest BCUT2D eigenvalue weighted by atomic mass is 16.2. The maximum absolute atomic E-state index is 11.3. The predicted molar refractivity (Wildman–Crippen MR) is 42.6 cm³/mol. The average Bonchev–Trinajstić information content (AvgIpc) is 2.53. The van der Waals surface area contributed by atoms with E-state index in [0.717, 1.165) is 12.8 Å². The van der Waals surface area contributed by atoms with Crippen molar-refractivity contribution in [1.29, 1.82) is 0 Å². The van der Waals surface area contributed by atoms with Crippen molar-refractivity contribution in [3.8, 4) is 0 Å². The topological polar surface area (TPSA) is 110 Å². The Morgan fingerprint density at radius 1 is 1.62 bits per heavy atom. The molecule has 4 N–H and O–H groups in total. The van der Waals surface area contributed by atoms with Gasteiger partial charge in [-0.15, -0.1) is 10.2 Å². The number of carbonyl (C=O) groups is 1. The molecule has 2 rings (SSSR count). The first-order valence-electron chi connectivity index (χ1n) is 4.05. The van der Waals surface area contributed by atoms with Gasteiger partial charge in [0.15, 0.2) is 0 Å². The summed E-state index contributed by atoms with van der Waals surface area (Å²) in [6.07, 6.45) is 1.65. The first kappa shape index (κ1) is 8.11. The lowest BCUT2D eigenvalue weighted by atomic mass is 9.88. The third-order valence-corrected chi connectivity index (χ3v) is 2.06. The highest BCUT2D eigenvalue weighted by molar-refractivity contribution is 5.90. The fraction of sp³-hybridized carbons (Fsp3) is 0.667. The second-order valence-electron chi connectivity index (χ2n) is 3.14. The van der Waals surface area contributed by atoms with Gasteiger partial charge >= 0.3 is 0 Å². The summed E-state index contributed by atoms with van der Waals surface area (Å²) in [5.74, 6) is -0.230. The smallest absolute Gasteiger partial charge is 0.293 e. The number of hydrogen-bond acceptors (Lipinski definition) is 5. The summed E-state index contributed by atoms with van der Waals surface area (Å²) in [7, 11) is 0. The first-order chi connectivity index (χ1) is 6.25. The largest absolute Gasteiger partial charge is 0.346 e. The molecule has 1 aliphatic rings. The molecule has 1 saturated carbocycles. The molecule has 0 radical (unpaired) electrons. The minimum absolute atomic E-state index is 0.0699. The number of hydrogen-bond donors (Lipinski definition) is 3. The highest BCUT2D eigenvalue weighted by Crippen LogP contribution is 2.17. The number of H-pyrrole nitrogens is 1. The van der Waals surface area contributed by atoms with Crippen molar-refractivity contribution in [2.24, 2.45) is 5.73 Å². The lowest BCUT2D eigenvalue weighted by molar-refractivity contribution is 0.0899. The zero-order chi connectivity index (χ0) is 9.26. The van der Waals surface area contributed by atoms with Crippen molar-refractivity contribution in [2.45, 2.75) is 24.9 Å². The molecule has 70 valence electrons. The number of nitrogens with one attached hydrogen (secondary N) is 2. The molecule has 1 aromatic heterocycles. The minimum Gasteiger partial charge on any atom is -0.346 e. The van der Waals surface area contributed by atoms with Gasteiger partial charge in [-0.25, -0.2) is 0 Å². The lowest BCUT2D eigenvalue weighted by Crippen LogP contribution is -2.50. The van der Waals surface area contributed by atoms with Crippen molar-refractivity contribution in [2.75, 3.05) is 0 Å². The van der Waals surface area contributed by atoms with Gasteiger partial charge in [0.05, 0.1) is 0 Å². The normalized spacial score (nSPS) is 26.5. The van der Waals surface area contributed by atoms with Crippen molar-refractivity contribution >= 4 is 5.91 Å². The van der Waals surface area contributed by atoms with Gasteiger partial charge in [0.2, 0.25) is 0 Å². The number of rotatable bonds is 2. The Morgan fingerprint density at radius 3 is 2.92 bits per heavy atom. The molecule has 13 heavy (non-hydrogen) atoms.